The Kier molecular flexibility index (Phi) is 7.87. The number of phenols is 1. The third-order valence-electron chi connectivity index (χ3n) is 8.89. The number of likely N-dealkylation sites (N-methyl/N-ethyl adjacent to an activating group) is 2. The van der Waals surface area contributed by atoms with E-state index in [9.17, 15) is 39.6 Å². The molecule has 0 radical (unpaired) electrons. The van der Waals surface area contributed by atoms with Crippen molar-refractivity contribution in [1.82, 2.24) is 15.1 Å². The van der Waals surface area contributed by atoms with Crippen LogP contribution in [-0.2, 0) is 16.0 Å². The van der Waals surface area contributed by atoms with E-state index in [0.717, 1.165) is 0 Å². The molecule has 0 saturated carbocycles. The van der Waals surface area contributed by atoms with Crippen molar-refractivity contribution in [3.8, 4) is 16.9 Å². The van der Waals surface area contributed by atoms with Gasteiger partial charge in [0.05, 0.1) is 11.6 Å². The quantitative estimate of drug-likeness (QED) is 0.249. The molecule has 0 spiro atoms. The third kappa shape index (κ3) is 4.75. The number of phenolic OH excluding ortho intramolecular Hbond substituents is 1. The average molecular weight is 605 g/mol. The Morgan fingerprint density at radius 3 is 2.41 bits per heavy atom. The molecule has 2 aromatic rings. The number of amides is 2. The van der Waals surface area contributed by atoms with E-state index >= 15 is 0 Å². The van der Waals surface area contributed by atoms with Gasteiger partial charge in [0.2, 0.25) is 5.78 Å². The minimum Gasteiger partial charge on any atom is -0.510 e. The molecule has 44 heavy (non-hydrogen) atoms. The number of carbonyl (C=O) groups is 4. The number of ketones is 2. The van der Waals surface area contributed by atoms with E-state index in [4.69, 9.17) is 5.73 Å². The van der Waals surface area contributed by atoms with E-state index in [1.165, 1.54) is 11.0 Å². The fourth-order valence-electron chi connectivity index (χ4n) is 6.84. The number of aromatic hydroxyl groups is 1. The van der Waals surface area contributed by atoms with Gasteiger partial charge in [0, 0.05) is 30.1 Å². The predicted octanol–water partition coefficient (Wildman–Crippen LogP) is 1.08. The number of carbonyl (C=O) groups excluding carboxylic acids is 4. The summed E-state index contributed by atoms with van der Waals surface area (Å²) in [7, 11) is 6.96. The van der Waals surface area contributed by atoms with Gasteiger partial charge in [-0.15, -0.1) is 0 Å². The number of primary amides is 1. The molecular weight excluding hydrogens is 568 g/mol. The molecule has 0 aliphatic heterocycles. The first-order chi connectivity index (χ1) is 20.7. The van der Waals surface area contributed by atoms with Crippen molar-refractivity contribution in [1.29, 1.82) is 0 Å². The van der Waals surface area contributed by atoms with Crippen molar-refractivity contribution in [3.63, 3.8) is 0 Å². The molecule has 2 aromatic carbocycles. The molecule has 2 amide bonds. The number of aliphatic hydroxyl groups is 3. The van der Waals surface area contributed by atoms with Gasteiger partial charge in [0.1, 0.15) is 22.8 Å². The number of aliphatic hydroxyl groups excluding tert-OH is 2. The lowest BCUT2D eigenvalue weighted by atomic mass is 9.58. The van der Waals surface area contributed by atoms with Crippen LogP contribution < -0.4 is 11.1 Å². The van der Waals surface area contributed by atoms with E-state index in [2.05, 4.69) is 5.32 Å². The first-order valence-corrected chi connectivity index (χ1v) is 14.2. The summed E-state index contributed by atoms with van der Waals surface area (Å²) in [6.07, 6.45) is 0.118. The second-order valence-corrected chi connectivity index (χ2v) is 12.1. The maximum Gasteiger partial charge on any atom is 0.255 e. The van der Waals surface area contributed by atoms with Gasteiger partial charge < -0.3 is 36.4 Å². The Hall–Kier alpha value is -4.52. The Bertz CT molecular complexity index is 1660. The Morgan fingerprint density at radius 1 is 1.07 bits per heavy atom. The van der Waals surface area contributed by atoms with Crippen molar-refractivity contribution < 1.29 is 39.6 Å². The van der Waals surface area contributed by atoms with Crippen LogP contribution in [0.15, 0.2) is 59.1 Å². The maximum atomic E-state index is 14.0. The summed E-state index contributed by atoms with van der Waals surface area (Å²) < 4.78 is 0. The lowest BCUT2D eigenvalue weighted by molar-refractivity contribution is -0.148. The number of fused-ring (bicyclic) bond motifs is 3. The summed E-state index contributed by atoms with van der Waals surface area (Å²) in [5.74, 6) is -7.32. The van der Waals surface area contributed by atoms with E-state index < -0.39 is 58.0 Å². The highest BCUT2D eigenvalue weighted by atomic mass is 16.3. The summed E-state index contributed by atoms with van der Waals surface area (Å²) in [5.41, 5.74) is 3.62. The van der Waals surface area contributed by atoms with E-state index in [-0.39, 0.29) is 35.6 Å². The van der Waals surface area contributed by atoms with Crippen molar-refractivity contribution in [2.45, 2.75) is 24.5 Å². The molecule has 0 fully saturated rings. The molecule has 0 unspecified atom stereocenters. The largest absolute Gasteiger partial charge is 0.510 e. The zero-order chi connectivity index (χ0) is 32.2. The fourth-order valence-corrected chi connectivity index (χ4v) is 6.84. The second kappa shape index (κ2) is 11.2. The highest BCUT2D eigenvalue weighted by molar-refractivity contribution is 6.25. The number of benzene rings is 2. The van der Waals surface area contributed by atoms with Gasteiger partial charge in [-0.1, -0.05) is 18.2 Å². The standard InChI is InChI=1S/C32H36N4O8/c1-35(2)11-10-34-31(43)16-7-5-6-15(12-16)18-8-9-21(37)23-19(18)13-17-14-20-25(36(3)4)27(39)24(30(33)42)29(41)32(20,44)28(40)22(17)26(23)38/h5-9,12,17,20,25,37,39-40,44H,10-11,13-14H2,1-4H3,(H2,33,42)(H,34,43)/t17-,20-,25+,32-/m0/s1. The zero-order valence-electron chi connectivity index (χ0n) is 24.9. The van der Waals surface area contributed by atoms with Crippen molar-refractivity contribution >= 4 is 23.4 Å². The third-order valence-corrected chi connectivity index (χ3v) is 8.89. The van der Waals surface area contributed by atoms with Crippen molar-refractivity contribution in [2.75, 3.05) is 41.3 Å². The van der Waals surface area contributed by atoms with E-state index in [0.29, 0.717) is 35.3 Å². The van der Waals surface area contributed by atoms with Crippen LogP contribution >= 0.6 is 0 Å². The fraction of sp³-hybridized carbons (Fsp3) is 0.375. The molecule has 0 saturated heterocycles. The summed E-state index contributed by atoms with van der Waals surface area (Å²) in [5, 5.41) is 47.9. The molecule has 3 aliphatic rings. The number of allylic oxidation sites excluding steroid dienone is 1. The van der Waals surface area contributed by atoms with Crippen LogP contribution in [0.2, 0.25) is 0 Å². The Balaban J connectivity index is 1.60. The highest BCUT2D eigenvalue weighted by Gasteiger charge is 2.63. The van der Waals surface area contributed by atoms with Crippen LogP contribution in [0.3, 0.4) is 0 Å². The molecule has 0 heterocycles. The average Bonchev–Trinajstić information content (AvgIpc) is 2.94. The summed E-state index contributed by atoms with van der Waals surface area (Å²) in [6, 6.07) is 8.79. The lowest BCUT2D eigenvalue weighted by Gasteiger charge is -2.50. The van der Waals surface area contributed by atoms with Crippen LogP contribution in [0.4, 0.5) is 0 Å². The number of hydrogen-bond donors (Lipinski definition) is 6. The Labute approximate surface area is 254 Å². The molecule has 12 nitrogen and oxygen atoms in total. The zero-order valence-corrected chi connectivity index (χ0v) is 24.9. The molecule has 232 valence electrons. The summed E-state index contributed by atoms with van der Waals surface area (Å²) in [6.45, 7) is 1.12. The minimum atomic E-state index is -2.70. The van der Waals surface area contributed by atoms with Crippen molar-refractivity contribution in [3.05, 3.63) is 75.8 Å². The molecule has 12 heteroatoms. The van der Waals surface area contributed by atoms with Gasteiger partial charge in [-0.3, -0.25) is 24.1 Å². The highest BCUT2D eigenvalue weighted by Crippen LogP contribution is 2.53. The number of rotatable bonds is 7. The van der Waals surface area contributed by atoms with Crippen LogP contribution in [0.25, 0.3) is 11.1 Å². The van der Waals surface area contributed by atoms with Gasteiger partial charge in [-0.05, 0) is 81.8 Å². The number of nitrogens with zero attached hydrogens (tertiary/aromatic N) is 2. The second-order valence-electron chi connectivity index (χ2n) is 12.1. The summed E-state index contributed by atoms with van der Waals surface area (Å²) in [4.78, 5) is 55.9. The Morgan fingerprint density at radius 2 is 1.77 bits per heavy atom. The van der Waals surface area contributed by atoms with Gasteiger partial charge in [0.25, 0.3) is 11.8 Å². The minimum absolute atomic E-state index is 0.0187. The number of Topliss-reactive ketones (excluding diaryl/α,β-unsaturated/α-hetero) is 2. The first kappa shape index (κ1) is 30.9. The molecular formula is C32H36N4O8. The van der Waals surface area contributed by atoms with Crippen LogP contribution in [0.5, 0.6) is 5.75 Å². The molecule has 3 aliphatic carbocycles. The summed E-state index contributed by atoms with van der Waals surface area (Å²) >= 11 is 0. The van der Waals surface area contributed by atoms with Crippen molar-refractivity contribution in [2.24, 2.45) is 17.6 Å². The number of hydrogen-bond acceptors (Lipinski definition) is 10. The van der Waals surface area contributed by atoms with Crippen LogP contribution in [-0.4, -0.2) is 107 Å². The van der Waals surface area contributed by atoms with Crippen LogP contribution in [0, 0.1) is 11.8 Å². The number of nitrogens with two attached hydrogens (primary N) is 1. The van der Waals surface area contributed by atoms with Gasteiger partial charge in [-0.25, -0.2) is 0 Å². The predicted molar refractivity (Wildman–Crippen MR) is 160 cm³/mol. The molecule has 0 bridgehead atoms. The van der Waals surface area contributed by atoms with Gasteiger partial charge in [0.15, 0.2) is 11.4 Å². The van der Waals surface area contributed by atoms with Crippen LogP contribution in [0.1, 0.15) is 32.7 Å². The normalized spacial score (nSPS) is 24.8. The topological polar surface area (TPSA) is 194 Å². The smallest absolute Gasteiger partial charge is 0.255 e. The molecule has 7 N–H and O–H groups in total. The molecule has 0 aromatic heterocycles. The number of nitrogens with one attached hydrogen (secondary N) is 1. The molecule has 5 rings (SSSR count). The SMILES string of the molecule is CN(C)CCNC(=O)c1cccc(-c2ccc(O)c3c2C[C@H]2C[C@H]4[C@@H](N(C)C)C(O)=C(C(N)=O)C(=O)[C@@]4(O)C(O)=C2C3=O)c1. The van der Waals surface area contributed by atoms with Gasteiger partial charge in [-0.2, -0.15) is 0 Å². The van der Waals surface area contributed by atoms with E-state index in [1.54, 1.807) is 44.4 Å². The first-order valence-electron chi connectivity index (χ1n) is 14.2. The monoisotopic (exact) mass is 604 g/mol. The van der Waals surface area contributed by atoms with E-state index in [1.807, 2.05) is 19.0 Å². The maximum absolute atomic E-state index is 14.0. The molecule has 4 atom stereocenters. The lowest BCUT2D eigenvalue weighted by Crippen LogP contribution is -2.63. The van der Waals surface area contributed by atoms with Gasteiger partial charge >= 0.3 is 0 Å².